The van der Waals surface area contributed by atoms with Crippen molar-refractivity contribution in [2.24, 2.45) is 11.7 Å². The van der Waals surface area contributed by atoms with E-state index in [1.54, 1.807) is 6.07 Å². The Labute approximate surface area is 105 Å². The Bertz CT molecular complexity index is 396. The van der Waals surface area contributed by atoms with Crippen molar-refractivity contribution in [2.75, 3.05) is 11.9 Å². The smallest absolute Gasteiger partial charge is 0.0992 e. The molecule has 0 aliphatic carbocycles. The number of nitrogens with two attached hydrogens (primary N) is 1. The van der Waals surface area contributed by atoms with Crippen LogP contribution >= 0.6 is 15.9 Å². The van der Waals surface area contributed by atoms with Crippen LogP contribution in [-0.4, -0.2) is 12.6 Å². The molecule has 1 aromatic rings. The average Bonchev–Trinajstić information content (AvgIpc) is 2.24. The topological polar surface area (TPSA) is 61.8 Å². The SMILES string of the molecule is CC(C)C(CN)Nc1cc(Br)cc(C#N)c1. The van der Waals surface area contributed by atoms with Crippen LogP contribution in [0.4, 0.5) is 5.69 Å². The van der Waals surface area contributed by atoms with Crippen molar-refractivity contribution < 1.29 is 0 Å². The highest BCUT2D eigenvalue weighted by Crippen LogP contribution is 2.20. The number of hydrogen-bond acceptors (Lipinski definition) is 3. The zero-order chi connectivity index (χ0) is 12.1. The van der Waals surface area contributed by atoms with Gasteiger partial charge < -0.3 is 11.1 Å². The predicted molar refractivity (Wildman–Crippen MR) is 70.2 cm³/mol. The molecular weight excluding hydrogens is 266 g/mol. The number of nitrogens with zero attached hydrogens (tertiary/aromatic N) is 1. The molecule has 0 fully saturated rings. The predicted octanol–water partition coefficient (Wildman–Crippen LogP) is 2.72. The molecule has 0 radical (unpaired) electrons. The maximum atomic E-state index is 8.86. The summed E-state index contributed by atoms with van der Waals surface area (Å²) in [5, 5.41) is 12.2. The van der Waals surface area contributed by atoms with Crippen molar-refractivity contribution in [1.82, 2.24) is 0 Å². The van der Waals surface area contributed by atoms with Crippen molar-refractivity contribution >= 4 is 21.6 Å². The van der Waals surface area contributed by atoms with E-state index in [9.17, 15) is 0 Å². The number of hydrogen-bond donors (Lipinski definition) is 2. The lowest BCUT2D eigenvalue weighted by Gasteiger charge is -2.22. The van der Waals surface area contributed by atoms with Crippen molar-refractivity contribution in [3.8, 4) is 6.07 Å². The molecule has 3 nitrogen and oxygen atoms in total. The highest BCUT2D eigenvalue weighted by Gasteiger charge is 2.11. The molecule has 0 aliphatic heterocycles. The van der Waals surface area contributed by atoms with Crippen LogP contribution in [-0.2, 0) is 0 Å². The summed E-state index contributed by atoms with van der Waals surface area (Å²) in [4.78, 5) is 0. The van der Waals surface area contributed by atoms with Crippen LogP contribution in [0.25, 0.3) is 0 Å². The lowest BCUT2D eigenvalue weighted by atomic mass is 10.0. The summed E-state index contributed by atoms with van der Waals surface area (Å²) < 4.78 is 0.897. The fourth-order valence-electron chi connectivity index (χ4n) is 1.45. The summed E-state index contributed by atoms with van der Waals surface area (Å²) in [6.45, 7) is 4.81. The van der Waals surface area contributed by atoms with Crippen LogP contribution in [0.15, 0.2) is 22.7 Å². The summed E-state index contributed by atoms with van der Waals surface area (Å²) in [6, 6.07) is 7.92. The molecule has 0 amide bonds. The summed E-state index contributed by atoms with van der Waals surface area (Å²) >= 11 is 3.38. The monoisotopic (exact) mass is 281 g/mol. The van der Waals surface area contributed by atoms with E-state index in [0.29, 0.717) is 18.0 Å². The Balaban J connectivity index is 2.88. The molecule has 16 heavy (non-hydrogen) atoms. The third kappa shape index (κ3) is 3.51. The first-order chi connectivity index (χ1) is 7.56. The van der Waals surface area contributed by atoms with Gasteiger partial charge in [-0.2, -0.15) is 5.26 Å². The molecule has 0 aromatic heterocycles. The van der Waals surface area contributed by atoms with Crippen LogP contribution in [0.5, 0.6) is 0 Å². The van der Waals surface area contributed by atoms with Crippen LogP contribution in [0.3, 0.4) is 0 Å². The molecule has 0 saturated heterocycles. The normalized spacial score (nSPS) is 12.2. The van der Waals surface area contributed by atoms with E-state index in [1.807, 2.05) is 12.1 Å². The van der Waals surface area contributed by atoms with E-state index in [1.165, 1.54) is 0 Å². The van der Waals surface area contributed by atoms with Gasteiger partial charge in [-0.25, -0.2) is 0 Å². The number of halogens is 1. The largest absolute Gasteiger partial charge is 0.381 e. The van der Waals surface area contributed by atoms with Crippen LogP contribution < -0.4 is 11.1 Å². The molecule has 0 aliphatic rings. The van der Waals surface area contributed by atoms with Crippen LogP contribution in [0.1, 0.15) is 19.4 Å². The maximum Gasteiger partial charge on any atom is 0.0992 e. The lowest BCUT2D eigenvalue weighted by Crippen LogP contribution is -2.33. The zero-order valence-electron chi connectivity index (χ0n) is 9.50. The van der Waals surface area contributed by atoms with Gasteiger partial charge in [0.05, 0.1) is 11.6 Å². The van der Waals surface area contributed by atoms with Gasteiger partial charge in [-0.3, -0.25) is 0 Å². The quantitative estimate of drug-likeness (QED) is 0.892. The Morgan fingerprint density at radius 2 is 2.12 bits per heavy atom. The van der Waals surface area contributed by atoms with Gasteiger partial charge in [0.15, 0.2) is 0 Å². The van der Waals surface area contributed by atoms with Gasteiger partial charge in [0, 0.05) is 22.7 Å². The zero-order valence-corrected chi connectivity index (χ0v) is 11.1. The van der Waals surface area contributed by atoms with E-state index in [2.05, 4.69) is 41.2 Å². The summed E-state index contributed by atoms with van der Waals surface area (Å²) in [7, 11) is 0. The lowest BCUT2D eigenvalue weighted by molar-refractivity contribution is 0.531. The molecule has 0 bridgehead atoms. The third-order valence-electron chi connectivity index (χ3n) is 2.44. The van der Waals surface area contributed by atoms with Crippen molar-refractivity contribution in [1.29, 1.82) is 5.26 Å². The van der Waals surface area contributed by atoms with Gasteiger partial charge in [-0.15, -0.1) is 0 Å². The summed E-state index contributed by atoms with van der Waals surface area (Å²) in [5.41, 5.74) is 7.25. The Kier molecular flexibility index (Phi) is 4.78. The minimum absolute atomic E-state index is 0.223. The Morgan fingerprint density at radius 3 is 2.62 bits per heavy atom. The fraction of sp³-hybridized carbons (Fsp3) is 0.417. The van der Waals surface area contributed by atoms with E-state index in [4.69, 9.17) is 11.0 Å². The summed E-state index contributed by atoms with van der Waals surface area (Å²) in [6.07, 6.45) is 0. The molecule has 0 spiro atoms. The average molecular weight is 282 g/mol. The van der Waals surface area contributed by atoms with Crippen LogP contribution in [0.2, 0.25) is 0 Å². The van der Waals surface area contributed by atoms with Crippen LogP contribution in [0, 0.1) is 17.2 Å². The van der Waals surface area contributed by atoms with Gasteiger partial charge >= 0.3 is 0 Å². The highest BCUT2D eigenvalue weighted by molar-refractivity contribution is 9.10. The second-order valence-electron chi connectivity index (χ2n) is 4.07. The number of anilines is 1. The molecule has 1 atom stereocenters. The Hall–Kier alpha value is -1.05. The van der Waals surface area contributed by atoms with Gasteiger partial charge in [0.25, 0.3) is 0 Å². The van der Waals surface area contributed by atoms with Crippen molar-refractivity contribution in [3.05, 3.63) is 28.2 Å². The summed E-state index contributed by atoms with van der Waals surface area (Å²) in [5.74, 6) is 0.453. The van der Waals surface area contributed by atoms with Gasteiger partial charge in [0.2, 0.25) is 0 Å². The minimum atomic E-state index is 0.223. The Morgan fingerprint density at radius 1 is 1.44 bits per heavy atom. The van der Waals surface area contributed by atoms with Crippen molar-refractivity contribution in [3.63, 3.8) is 0 Å². The first kappa shape index (κ1) is 13.0. The molecular formula is C12H16BrN3. The number of nitrogens with one attached hydrogen (secondary N) is 1. The molecule has 3 N–H and O–H groups in total. The van der Waals surface area contributed by atoms with Gasteiger partial charge in [0.1, 0.15) is 0 Å². The highest BCUT2D eigenvalue weighted by atomic mass is 79.9. The fourth-order valence-corrected chi connectivity index (χ4v) is 1.94. The first-order valence-corrected chi connectivity index (χ1v) is 6.03. The third-order valence-corrected chi connectivity index (χ3v) is 2.90. The van der Waals surface area contributed by atoms with E-state index in [-0.39, 0.29) is 6.04 Å². The molecule has 0 heterocycles. The van der Waals surface area contributed by atoms with E-state index < -0.39 is 0 Å². The second-order valence-corrected chi connectivity index (χ2v) is 4.99. The van der Waals surface area contributed by atoms with E-state index in [0.717, 1.165) is 10.2 Å². The van der Waals surface area contributed by atoms with E-state index >= 15 is 0 Å². The molecule has 1 rings (SSSR count). The van der Waals surface area contributed by atoms with Gasteiger partial charge in [-0.05, 0) is 24.1 Å². The molecule has 86 valence electrons. The second kappa shape index (κ2) is 5.88. The number of nitriles is 1. The molecule has 1 aromatic carbocycles. The number of rotatable bonds is 4. The minimum Gasteiger partial charge on any atom is -0.381 e. The first-order valence-electron chi connectivity index (χ1n) is 5.24. The number of benzene rings is 1. The van der Waals surface area contributed by atoms with Gasteiger partial charge in [-0.1, -0.05) is 29.8 Å². The molecule has 0 saturated carbocycles. The van der Waals surface area contributed by atoms with Crippen molar-refractivity contribution in [2.45, 2.75) is 19.9 Å². The molecule has 1 unspecified atom stereocenters. The maximum absolute atomic E-state index is 8.86. The molecule has 4 heteroatoms. The standard InChI is InChI=1S/C12H16BrN3/c1-8(2)12(7-15)16-11-4-9(6-14)3-10(13)5-11/h3-5,8,12,16H,7,15H2,1-2H3.